The van der Waals surface area contributed by atoms with Gasteiger partial charge in [-0.05, 0) is 195 Å². The molecule has 0 atom stereocenters. The lowest BCUT2D eigenvalue weighted by Gasteiger charge is -2.31. The predicted molar refractivity (Wildman–Crippen MR) is 529 cm³/mol. The van der Waals surface area contributed by atoms with E-state index in [2.05, 4.69) is 119 Å². The fourth-order valence-electron chi connectivity index (χ4n) is 15.7. The topological polar surface area (TPSA) is 379 Å². The van der Waals surface area contributed by atoms with E-state index in [4.69, 9.17) is 10.5 Å². The molecule has 12 aromatic heterocycles. The van der Waals surface area contributed by atoms with Crippen molar-refractivity contribution >= 4 is 130 Å². The summed E-state index contributed by atoms with van der Waals surface area (Å²) in [4.78, 5) is 104. The number of pyridine rings is 8. The zero-order valence-electron chi connectivity index (χ0n) is 76.6. The van der Waals surface area contributed by atoms with E-state index in [0.29, 0.717) is 70.7 Å². The van der Waals surface area contributed by atoms with Crippen LogP contribution < -0.4 is 56.4 Å². The lowest BCUT2D eigenvalue weighted by Crippen LogP contribution is -2.38. The molecule has 10 N–H and O–H groups in total. The van der Waals surface area contributed by atoms with Gasteiger partial charge < -0.3 is 66.1 Å². The molecule has 3 aliphatic heterocycles. The number of nitrogen functional groups attached to an aromatic ring is 1. The fourth-order valence-corrected chi connectivity index (χ4v) is 15.7. The number of aromatic amines is 4. The molecule has 0 bridgehead atoms. The SMILES string of the molecule is CCOCC.CN(C)c1ccc(NC(=O)c2c[nH]c3ccc(-c4cncc(CN5CCC(F)(F)CC5)c4)cc23)cn1.CN(C)c1ccc(NC(=O)c2n[nH]c3ccc(-c4cncc(N)c4)cc23)cn1.CN(C)c1ccc(NC(=O)c2n[nH]c3ccc(-c4cncc(N5CCCC5)c4)cc23)cn1.CN(C)c1ccc(NC(=O)c2n[nH]c3ccc(-c4cncc(N5CCCCC5)c4)cc23)cn1. The molecule has 3 aliphatic rings. The maximum Gasteiger partial charge on any atom is 0.276 e. The molecule has 688 valence electrons. The van der Waals surface area contributed by atoms with Gasteiger partial charge in [0.2, 0.25) is 0 Å². The van der Waals surface area contributed by atoms with Gasteiger partial charge in [0.05, 0.1) is 99.1 Å². The number of halogens is 2. The smallest absolute Gasteiger partial charge is 0.276 e. The summed E-state index contributed by atoms with van der Waals surface area (Å²) in [6, 6.07) is 46.4. The van der Waals surface area contributed by atoms with E-state index in [1.165, 1.54) is 32.1 Å². The maximum absolute atomic E-state index is 13.5. The highest BCUT2D eigenvalue weighted by atomic mass is 19.3. The van der Waals surface area contributed by atoms with Crippen molar-refractivity contribution in [1.82, 2.24) is 80.3 Å². The van der Waals surface area contributed by atoms with Crippen LogP contribution in [0.4, 0.5) is 71.9 Å². The second kappa shape index (κ2) is 42.9. The number of rotatable bonds is 22. The molecule has 0 spiro atoms. The van der Waals surface area contributed by atoms with Gasteiger partial charge in [-0.3, -0.25) is 59.3 Å². The van der Waals surface area contributed by atoms with Crippen LogP contribution in [-0.2, 0) is 11.3 Å². The molecule has 4 amide bonds. The lowest BCUT2D eigenvalue weighted by atomic mass is 10.0. The largest absolute Gasteiger partial charge is 0.397 e. The number of nitrogens with zero attached hydrogens (tertiary/aromatic N) is 18. The Balaban J connectivity index is 0.000000134. The van der Waals surface area contributed by atoms with Crippen LogP contribution in [0.15, 0.2) is 226 Å². The number of piperidine rings is 2. The van der Waals surface area contributed by atoms with Crippen molar-refractivity contribution in [2.24, 2.45) is 0 Å². The highest BCUT2D eigenvalue weighted by Gasteiger charge is 2.34. The van der Waals surface area contributed by atoms with Crippen molar-refractivity contribution in [3.05, 3.63) is 254 Å². The summed E-state index contributed by atoms with van der Waals surface area (Å²) >= 11 is 0. The minimum Gasteiger partial charge on any atom is -0.397 e. The Morgan fingerprint density at radius 1 is 0.388 bits per heavy atom. The molecule has 3 fully saturated rings. The number of nitrogens with two attached hydrogens (primary N) is 1. The molecule has 15 heterocycles. The molecule has 134 heavy (non-hydrogen) atoms. The molecule has 0 radical (unpaired) electrons. The predicted octanol–water partition coefficient (Wildman–Crippen LogP) is 17.4. The third kappa shape index (κ3) is 23.3. The van der Waals surface area contributed by atoms with Gasteiger partial charge in [-0.25, -0.2) is 28.7 Å². The first-order valence-electron chi connectivity index (χ1n) is 44.4. The standard InChI is InChI=1S/C27H28F2N6O.C25H27N7O.C24H25N7O.C20H19N7O.C4H10O/c1-34(2)25-6-4-21(15-32-25)33-26(36)23-16-31-24-5-3-19(12-22(23)24)20-11-18(13-30-14-20)17-35-9-7-27(28,29)8-10-35;1-31(2)23-9-7-19(15-27-23)28-25(33)24-21-13-17(6-8-22(21)29-30-24)18-12-20(16-26-14-18)32-10-4-3-5-11-32;1-30(2)22-8-6-18(14-26-22)27-24(32)23-20-12-16(5-7-21(20)28-29-23)17-11-19(15-25-13-17)31-9-3-4-10-31;1-27(2)18-6-4-15(11-23-18)24-20(28)19-16-8-12(3-5-17(16)25-26-19)13-7-14(21)10-22-9-13;1-3-5-4-2/h3-6,11-16,31H,7-10,17H2,1-2H3,(H,33,36);6-9,12-16H,3-5,10-11H2,1-2H3,(H,28,33)(H,29,30);5-8,11-15H,3-4,9-10H2,1-2H3,(H,27,32)(H,28,29);3-11H,21H2,1-2H3,(H,24,28)(H,25,26);3-4H2,1-2H3. The molecule has 19 rings (SSSR count). The first kappa shape index (κ1) is 93.0. The average molecular weight is 1810 g/mol. The Morgan fingerprint density at radius 2 is 0.739 bits per heavy atom. The Bertz CT molecular complexity index is 6720. The minimum atomic E-state index is -2.56. The summed E-state index contributed by atoms with van der Waals surface area (Å²) in [6.07, 6.45) is 28.6. The summed E-state index contributed by atoms with van der Waals surface area (Å²) in [5, 5.41) is 36.1. The van der Waals surface area contributed by atoms with Gasteiger partial charge in [0.15, 0.2) is 17.1 Å². The number of ether oxygens (including phenoxy) is 1. The van der Waals surface area contributed by atoms with Crippen molar-refractivity contribution in [3.63, 3.8) is 0 Å². The second-order valence-electron chi connectivity index (χ2n) is 33.6. The average Bonchev–Trinajstić information content (AvgIpc) is 1.61. The Hall–Kier alpha value is -15.7. The van der Waals surface area contributed by atoms with E-state index in [1.807, 2.05) is 247 Å². The summed E-state index contributed by atoms with van der Waals surface area (Å²) in [5.41, 5.74) is 24.6. The van der Waals surface area contributed by atoms with Gasteiger partial charge in [0.25, 0.3) is 29.6 Å². The summed E-state index contributed by atoms with van der Waals surface area (Å²) in [5.74, 6) is -0.401. The van der Waals surface area contributed by atoms with Crippen LogP contribution in [0.2, 0.25) is 0 Å². The number of hydrogen-bond donors (Lipinski definition) is 9. The van der Waals surface area contributed by atoms with Crippen molar-refractivity contribution in [2.45, 2.75) is 71.3 Å². The highest BCUT2D eigenvalue weighted by Crippen LogP contribution is 2.36. The van der Waals surface area contributed by atoms with Crippen molar-refractivity contribution in [1.29, 1.82) is 0 Å². The molecular formula is C100H109F2N27O5. The fraction of sp³-hybridized carbons (Fsp3) is 0.270. The number of anilines is 11. The Kier molecular flexibility index (Phi) is 29.8. The van der Waals surface area contributed by atoms with E-state index in [9.17, 15) is 28.0 Å². The Morgan fingerprint density at radius 3 is 1.10 bits per heavy atom. The number of amides is 4. The molecule has 0 aliphatic carbocycles. The number of alkyl halides is 2. The number of carbonyl (C=O) groups is 4. The molecule has 0 unspecified atom stereocenters. The van der Waals surface area contributed by atoms with Gasteiger partial charge in [-0.2, -0.15) is 15.3 Å². The molecular weight excluding hydrogens is 1700 g/mol. The van der Waals surface area contributed by atoms with Crippen LogP contribution in [0.5, 0.6) is 0 Å². The van der Waals surface area contributed by atoms with E-state index < -0.39 is 5.92 Å². The molecule has 32 nitrogen and oxygen atoms in total. The molecule has 4 aromatic carbocycles. The number of aromatic nitrogens is 15. The van der Waals surface area contributed by atoms with Crippen LogP contribution in [0.25, 0.3) is 88.1 Å². The number of nitrogens with one attached hydrogen (secondary N) is 8. The normalized spacial score (nSPS) is 13.4. The summed E-state index contributed by atoms with van der Waals surface area (Å²) in [7, 11) is 15.3. The zero-order valence-corrected chi connectivity index (χ0v) is 76.6. The monoisotopic (exact) mass is 1810 g/mol. The Labute approximate surface area is 774 Å². The van der Waals surface area contributed by atoms with Crippen LogP contribution >= 0.6 is 0 Å². The van der Waals surface area contributed by atoms with Crippen LogP contribution in [0.1, 0.15) is 106 Å². The zero-order chi connectivity index (χ0) is 93.9. The van der Waals surface area contributed by atoms with Gasteiger partial charge >= 0.3 is 0 Å². The third-order valence-corrected chi connectivity index (χ3v) is 23.0. The van der Waals surface area contributed by atoms with E-state index in [0.717, 1.165) is 168 Å². The minimum absolute atomic E-state index is 0.106. The van der Waals surface area contributed by atoms with Crippen molar-refractivity contribution < 1.29 is 32.7 Å². The van der Waals surface area contributed by atoms with Gasteiger partial charge in [-0.1, -0.05) is 24.3 Å². The number of hydrogen-bond acceptors (Lipinski definition) is 24. The van der Waals surface area contributed by atoms with Gasteiger partial charge in [-0.15, -0.1) is 0 Å². The highest BCUT2D eigenvalue weighted by molar-refractivity contribution is 6.15. The van der Waals surface area contributed by atoms with Crippen LogP contribution in [-0.4, -0.2) is 219 Å². The summed E-state index contributed by atoms with van der Waals surface area (Å²) < 4.78 is 31.8. The second-order valence-corrected chi connectivity index (χ2v) is 33.6. The maximum atomic E-state index is 13.5. The van der Waals surface area contributed by atoms with Crippen LogP contribution in [0.3, 0.4) is 0 Å². The van der Waals surface area contributed by atoms with E-state index in [1.54, 1.807) is 61.8 Å². The van der Waals surface area contributed by atoms with Crippen molar-refractivity contribution in [2.75, 3.05) is 165 Å². The molecule has 34 heteroatoms. The molecule has 3 saturated heterocycles. The van der Waals surface area contributed by atoms with Crippen molar-refractivity contribution in [3.8, 4) is 44.5 Å². The number of fused-ring (bicyclic) bond motifs is 4. The number of benzene rings is 4. The molecule has 0 saturated carbocycles. The third-order valence-electron chi connectivity index (χ3n) is 23.0. The number of likely N-dealkylation sites (tertiary alicyclic amines) is 1. The van der Waals surface area contributed by atoms with E-state index >= 15 is 0 Å². The summed E-state index contributed by atoms with van der Waals surface area (Å²) in [6.45, 7) is 11.3. The van der Waals surface area contributed by atoms with E-state index in [-0.39, 0.29) is 36.5 Å². The first-order valence-corrected chi connectivity index (χ1v) is 44.4. The molecule has 16 aromatic rings. The van der Waals surface area contributed by atoms with Gasteiger partial charge in [0.1, 0.15) is 23.3 Å². The first-order chi connectivity index (χ1) is 64.9. The van der Waals surface area contributed by atoms with Gasteiger partial charge in [0, 0.05) is 221 Å². The van der Waals surface area contributed by atoms with Crippen LogP contribution in [0, 0.1) is 0 Å². The number of carbonyl (C=O) groups excluding carboxylic acids is 4. The number of H-pyrrole nitrogens is 4. The quantitative estimate of drug-likeness (QED) is 0.0304. The lowest BCUT2D eigenvalue weighted by molar-refractivity contribution is -0.0566.